The van der Waals surface area contributed by atoms with Crippen LogP contribution in [0.25, 0.3) is 0 Å². The number of carboxylic acids is 1. The van der Waals surface area contributed by atoms with Crippen molar-refractivity contribution in [3.8, 4) is 6.07 Å². The van der Waals surface area contributed by atoms with Crippen LogP contribution in [0.5, 0.6) is 0 Å². The Morgan fingerprint density at radius 3 is 2.47 bits per heavy atom. The maximum absolute atomic E-state index is 13.9. The molecule has 1 saturated heterocycles. The predicted molar refractivity (Wildman–Crippen MR) is 169 cm³/mol. The Bertz CT molecular complexity index is 1790. The monoisotopic (exact) mass is 721 g/mol. The van der Waals surface area contributed by atoms with Crippen molar-refractivity contribution >= 4 is 29.4 Å². The molecule has 5 rings (SSSR count). The van der Waals surface area contributed by atoms with Crippen molar-refractivity contribution in [2.24, 2.45) is 0 Å². The first-order valence-electron chi connectivity index (χ1n) is 16.0. The molecule has 4 heterocycles. The number of rotatable bonds is 10. The lowest BCUT2D eigenvalue weighted by Crippen LogP contribution is -2.46. The van der Waals surface area contributed by atoms with Crippen LogP contribution >= 0.6 is 0 Å². The number of amides is 1. The zero-order valence-electron chi connectivity index (χ0n) is 27.2. The number of halogens is 6. The summed E-state index contributed by atoms with van der Waals surface area (Å²) in [6.07, 6.45) is -8.89. The Kier molecular flexibility index (Phi) is 11.2. The SMILES string of the molecule is CC[C@@H]1C[C@H](Nc2ncc(N3CCOCC3)c(Cc3cc(C#N)cc(C(F)(F)F)c3)n2)c2nc(C(F)(F)F)ccc2N1C(=O)OCCCC(=O)O. The fraction of sp³-hybridized carbons (Fsp3) is 0.455. The number of nitriles is 1. The van der Waals surface area contributed by atoms with E-state index in [0.717, 1.165) is 24.3 Å². The summed E-state index contributed by atoms with van der Waals surface area (Å²) >= 11 is 0. The van der Waals surface area contributed by atoms with Crippen LogP contribution in [-0.2, 0) is 33.0 Å². The van der Waals surface area contributed by atoms with Crippen molar-refractivity contribution in [1.82, 2.24) is 15.0 Å². The fourth-order valence-electron chi connectivity index (χ4n) is 6.00. The Balaban J connectivity index is 1.52. The van der Waals surface area contributed by atoms with Gasteiger partial charge in [-0.25, -0.2) is 19.7 Å². The number of hydrogen-bond acceptors (Lipinski definition) is 10. The van der Waals surface area contributed by atoms with E-state index in [1.807, 2.05) is 4.90 Å². The number of aliphatic carboxylic acids is 1. The van der Waals surface area contributed by atoms with Gasteiger partial charge >= 0.3 is 24.4 Å². The summed E-state index contributed by atoms with van der Waals surface area (Å²) in [6.45, 7) is 3.18. The van der Waals surface area contributed by atoms with Gasteiger partial charge in [0.25, 0.3) is 0 Å². The average molecular weight is 722 g/mol. The zero-order valence-corrected chi connectivity index (χ0v) is 27.2. The second-order valence-electron chi connectivity index (χ2n) is 11.9. The molecule has 51 heavy (non-hydrogen) atoms. The number of pyridine rings is 1. The highest BCUT2D eigenvalue weighted by Crippen LogP contribution is 2.41. The quantitative estimate of drug-likeness (QED) is 0.178. The number of hydrogen-bond donors (Lipinski definition) is 2. The van der Waals surface area contributed by atoms with Crippen molar-refractivity contribution in [2.75, 3.05) is 48.0 Å². The third kappa shape index (κ3) is 8.95. The Labute approximate surface area is 288 Å². The van der Waals surface area contributed by atoms with Crippen molar-refractivity contribution in [2.45, 2.75) is 63.5 Å². The van der Waals surface area contributed by atoms with Crippen LogP contribution in [-0.4, -0.2) is 71.1 Å². The molecular weight excluding hydrogens is 688 g/mol. The molecule has 272 valence electrons. The smallest absolute Gasteiger partial charge is 0.433 e. The van der Waals surface area contributed by atoms with Crippen molar-refractivity contribution in [3.63, 3.8) is 0 Å². The second-order valence-corrected chi connectivity index (χ2v) is 11.9. The number of nitrogens with one attached hydrogen (secondary N) is 1. The number of carbonyl (C=O) groups is 2. The third-order valence-corrected chi connectivity index (χ3v) is 8.41. The van der Waals surface area contributed by atoms with Crippen LogP contribution in [0.15, 0.2) is 36.5 Å². The molecule has 2 aliphatic rings. The van der Waals surface area contributed by atoms with E-state index in [1.54, 1.807) is 13.0 Å². The molecule has 2 aromatic heterocycles. The van der Waals surface area contributed by atoms with E-state index >= 15 is 0 Å². The number of carbonyl (C=O) groups excluding carboxylic acids is 1. The van der Waals surface area contributed by atoms with Gasteiger partial charge in [0, 0.05) is 32.0 Å². The molecule has 0 spiro atoms. The van der Waals surface area contributed by atoms with E-state index in [-0.39, 0.29) is 60.7 Å². The Hall–Kier alpha value is -5.18. The lowest BCUT2D eigenvalue weighted by atomic mass is 9.93. The molecule has 1 amide bonds. The number of aromatic nitrogens is 3. The topological polar surface area (TPSA) is 154 Å². The summed E-state index contributed by atoms with van der Waals surface area (Å²) in [5.41, 5.74) is -1.55. The van der Waals surface area contributed by atoms with Crippen LogP contribution in [0.3, 0.4) is 0 Å². The molecule has 1 fully saturated rings. The molecule has 18 heteroatoms. The largest absolute Gasteiger partial charge is 0.481 e. The van der Waals surface area contributed by atoms with Gasteiger partial charge in [0.2, 0.25) is 5.95 Å². The lowest BCUT2D eigenvalue weighted by molar-refractivity contribution is -0.141. The molecule has 2 aliphatic heterocycles. The minimum atomic E-state index is -4.82. The average Bonchev–Trinajstić information content (AvgIpc) is 3.09. The summed E-state index contributed by atoms with van der Waals surface area (Å²) < 4.78 is 93.3. The van der Waals surface area contributed by atoms with Gasteiger partial charge in [-0.3, -0.25) is 9.69 Å². The normalized spacial score (nSPS) is 17.8. The lowest BCUT2D eigenvalue weighted by Gasteiger charge is -2.39. The van der Waals surface area contributed by atoms with Gasteiger partial charge in [-0.15, -0.1) is 0 Å². The highest BCUT2D eigenvalue weighted by Gasteiger charge is 2.41. The molecule has 12 nitrogen and oxygen atoms in total. The van der Waals surface area contributed by atoms with E-state index in [1.165, 1.54) is 17.2 Å². The molecule has 3 aromatic rings. The highest BCUT2D eigenvalue weighted by atomic mass is 19.4. The summed E-state index contributed by atoms with van der Waals surface area (Å²) in [5, 5.41) is 21.3. The summed E-state index contributed by atoms with van der Waals surface area (Å²) in [4.78, 5) is 40.1. The van der Waals surface area contributed by atoms with Gasteiger partial charge < -0.3 is 24.8 Å². The minimum Gasteiger partial charge on any atom is -0.481 e. The molecule has 1 aromatic carbocycles. The van der Waals surface area contributed by atoms with Gasteiger partial charge in [-0.05, 0) is 55.2 Å². The Morgan fingerprint density at radius 2 is 1.82 bits per heavy atom. The van der Waals surface area contributed by atoms with E-state index in [9.17, 15) is 41.2 Å². The molecule has 0 saturated carbocycles. The van der Waals surface area contributed by atoms with E-state index < -0.39 is 47.8 Å². The molecular formula is C33H33F6N7O5. The first-order chi connectivity index (χ1) is 24.2. The van der Waals surface area contributed by atoms with Crippen LogP contribution in [0.2, 0.25) is 0 Å². The van der Waals surface area contributed by atoms with Crippen LogP contribution in [0, 0.1) is 11.3 Å². The molecule has 0 radical (unpaired) electrons. The molecule has 0 unspecified atom stereocenters. The highest BCUT2D eigenvalue weighted by molar-refractivity contribution is 5.90. The number of nitrogens with zero attached hydrogens (tertiary/aromatic N) is 6. The van der Waals surface area contributed by atoms with Crippen LogP contribution in [0.1, 0.15) is 72.4 Å². The minimum absolute atomic E-state index is 0.0342. The van der Waals surface area contributed by atoms with Crippen molar-refractivity contribution < 1.29 is 50.5 Å². The van der Waals surface area contributed by atoms with Crippen LogP contribution in [0.4, 0.5) is 48.5 Å². The number of fused-ring (bicyclic) bond motifs is 1. The number of anilines is 3. The molecule has 2 N–H and O–H groups in total. The summed E-state index contributed by atoms with van der Waals surface area (Å²) in [5.74, 6) is -1.13. The number of alkyl halides is 6. The van der Waals surface area contributed by atoms with Gasteiger partial charge in [0.05, 0.1) is 72.0 Å². The molecule has 2 atom stereocenters. The number of ether oxygens (including phenoxy) is 2. The molecule has 0 aliphatic carbocycles. The first kappa shape index (κ1) is 37.1. The fourth-order valence-corrected chi connectivity index (χ4v) is 6.00. The number of carboxylic acid groups (broad SMARTS) is 1. The van der Waals surface area contributed by atoms with Gasteiger partial charge in [-0.2, -0.15) is 31.6 Å². The van der Waals surface area contributed by atoms with E-state index in [2.05, 4.69) is 20.3 Å². The predicted octanol–water partition coefficient (Wildman–Crippen LogP) is 6.35. The summed E-state index contributed by atoms with van der Waals surface area (Å²) in [7, 11) is 0. The maximum Gasteiger partial charge on any atom is 0.433 e. The van der Waals surface area contributed by atoms with E-state index in [0.29, 0.717) is 44.1 Å². The maximum atomic E-state index is 13.9. The molecule has 0 bridgehead atoms. The van der Waals surface area contributed by atoms with Gasteiger partial charge in [-0.1, -0.05) is 6.92 Å². The third-order valence-electron chi connectivity index (χ3n) is 8.41. The van der Waals surface area contributed by atoms with Gasteiger partial charge in [0.1, 0.15) is 5.69 Å². The summed E-state index contributed by atoms with van der Waals surface area (Å²) in [6, 6.07) is 5.08. The van der Waals surface area contributed by atoms with Crippen molar-refractivity contribution in [1.29, 1.82) is 5.26 Å². The second kappa shape index (κ2) is 15.4. The standard InChI is InChI=1S/C33H33F6N7O5/c1-2-22-16-24(29-25(5-6-27(44-29)33(37,38)39)46(22)31(49)51-9-3-4-28(47)48)43-30-41-18-26(45-7-10-50-11-8-45)23(42-30)15-19-12-20(17-40)14-21(13-19)32(34,35)36/h5-6,12-14,18,22,24H,2-4,7-11,15-16H2,1H3,(H,47,48)(H,41,42,43)/t22-,24+/m1/s1. The van der Waals surface area contributed by atoms with E-state index in [4.69, 9.17) is 14.6 Å². The van der Waals surface area contributed by atoms with Gasteiger partial charge in [0.15, 0.2) is 0 Å². The number of benzene rings is 1. The van der Waals surface area contributed by atoms with Crippen molar-refractivity contribution in [3.05, 3.63) is 70.3 Å². The number of morpholine rings is 1. The Morgan fingerprint density at radius 1 is 1.08 bits per heavy atom. The first-order valence-corrected chi connectivity index (χ1v) is 16.0. The van der Waals surface area contributed by atoms with Crippen LogP contribution < -0.4 is 15.1 Å². The zero-order chi connectivity index (χ0) is 36.9.